The molecule has 0 atom stereocenters. The molecule has 2 rings (SSSR count). The molecule has 3 N–H and O–H groups in total. The van der Waals surface area contributed by atoms with Crippen LogP contribution in [0, 0.1) is 0 Å². The van der Waals surface area contributed by atoms with Gasteiger partial charge in [0, 0.05) is 5.39 Å². The maximum atomic E-state index is 10.9. The summed E-state index contributed by atoms with van der Waals surface area (Å²) >= 11 is 0. The predicted octanol–water partition coefficient (Wildman–Crippen LogP) is 1.80. The molecule has 17 heavy (non-hydrogen) atoms. The van der Waals surface area contributed by atoms with Gasteiger partial charge in [-0.25, -0.2) is 4.57 Å². The molecule has 0 spiro atoms. The highest BCUT2D eigenvalue weighted by Gasteiger charge is 2.18. The van der Waals surface area contributed by atoms with Crippen LogP contribution in [0.3, 0.4) is 0 Å². The zero-order valence-electron chi connectivity index (χ0n) is 8.78. The molecule has 0 radical (unpaired) electrons. The van der Waals surface area contributed by atoms with Crippen LogP contribution < -0.4 is 4.52 Å². The Kier molecular flexibility index (Phi) is 3.17. The highest BCUT2D eigenvalue weighted by atomic mass is 31.2. The second-order valence-electron chi connectivity index (χ2n) is 3.56. The van der Waals surface area contributed by atoms with E-state index in [9.17, 15) is 4.57 Å². The first-order chi connectivity index (χ1) is 7.99. The molecule has 0 aromatic heterocycles. The van der Waals surface area contributed by atoms with Gasteiger partial charge >= 0.3 is 7.82 Å². The topological polar surface area (TPSA) is 87.0 Å². The maximum absolute atomic E-state index is 10.9. The van der Waals surface area contributed by atoms with E-state index in [1.54, 1.807) is 30.3 Å². The Morgan fingerprint density at radius 1 is 1.18 bits per heavy atom. The van der Waals surface area contributed by atoms with Gasteiger partial charge in [0.05, 0.1) is 6.61 Å². The minimum Gasteiger partial charge on any atom is -0.404 e. The first kappa shape index (κ1) is 12.1. The van der Waals surface area contributed by atoms with Gasteiger partial charge in [-0.15, -0.1) is 0 Å². The van der Waals surface area contributed by atoms with Crippen molar-refractivity contribution in [2.45, 2.75) is 6.61 Å². The predicted molar refractivity (Wildman–Crippen MR) is 62.5 cm³/mol. The highest BCUT2D eigenvalue weighted by Crippen LogP contribution is 2.41. The molecule has 0 fully saturated rings. The molecule has 6 heteroatoms. The van der Waals surface area contributed by atoms with E-state index < -0.39 is 7.82 Å². The van der Waals surface area contributed by atoms with Gasteiger partial charge in [-0.3, -0.25) is 9.79 Å². The average Bonchev–Trinajstić information content (AvgIpc) is 2.26. The van der Waals surface area contributed by atoms with E-state index in [4.69, 9.17) is 14.9 Å². The van der Waals surface area contributed by atoms with Crippen LogP contribution in [-0.2, 0) is 11.2 Å². The van der Waals surface area contributed by atoms with Gasteiger partial charge in [0.1, 0.15) is 5.75 Å². The molecular formula is C11H11O5P. The fourth-order valence-corrected chi connectivity index (χ4v) is 2.04. The van der Waals surface area contributed by atoms with Crippen LogP contribution >= 0.6 is 7.82 Å². The molecule has 0 aliphatic carbocycles. The summed E-state index contributed by atoms with van der Waals surface area (Å²) < 4.78 is 15.5. The van der Waals surface area contributed by atoms with Crippen LogP contribution in [0.25, 0.3) is 10.8 Å². The molecule has 2 aromatic rings. The molecule has 5 nitrogen and oxygen atoms in total. The van der Waals surface area contributed by atoms with E-state index in [1.165, 1.54) is 6.07 Å². The van der Waals surface area contributed by atoms with E-state index in [2.05, 4.69) is 4.52 Å². The molecule has 0 amide bonds. The molecule has 0 aliphatic rings. The number of aliphatic hydroxyl groups is 1. The number of hydrogen-bond donors (Lipinski definition) is 3. The van der Waals surface area contributed by atoms with Crippen molar-refractivity contribution in [1.29, 1.82) is 0 Å². The third-order valence-electron chi connectivity index (χ3n) is 2.28. The summed E-state index contributed by atoms with van der Waals surface area (Å²) in [7, 11) is -4.60. The van der Waals surface area contributed by atoms with Crippen LogP contribution in [0.4, 0.5) is 0 Å². The summed E-state index contributed by atoms with van der Waals surface area (Å²) in [4.78, 5) is 17.6. The van der Waals surface area contributed by atoms with Gasteiger partial charge in [0.2, 0.25) is 0 Å². The number of aliphatic hydroxyl groups excluding tert-OH is 1. The quantitative estimate of drug-likeness (QED) is 0.727. The summed E-state index contributed by atoms with van der Waals surface area (Å²) in [6.07, 6.45) is 0. The van der Waals surface area contributed by atoms with Crippen molar-refractivity contribution >= 4 is 18.6 Å². The number of hydrogen-bond acceptors (Lipinski definition) is 3. The molecule has 0 aliphatic heterocycles. The molecular weight excluding hydrogens is 243 g/mol. The Morgan fingerprint density at radius 3 is 2.53 bits per heavy atom. The van der Waals surface area contributed by atoms with Crippen LogP contribution in [0.5, 0.6) is 5.75 Å². The highest BCUT2D eigenvalue weighted by molar-refractivity contribution is 7.46. The minimum atomic E-state index is -4.60. The zero-order valence-corrected chi connectivity index (χ0v) is 9.67. The maximum Gasteiger partial charge on any atom is 0.524 e. The lowest BCUT2D eigenvalue weighted by molar-refractivity contribution is 0.277. The van der Waals surface area contributed by atoms with Crippen LogP contribution in [0.15, 0.2) is 36.4 Å². The first-order valence-electron chi connectivity index (χ1n) is 4.87. The van der Waals surface area contributed by atoms with Crippen LogP contribution in [0.2, 0.25) is 0 Å². The third kappa shape index (κ3) is 2.84. The Labute approximate surface area is 97.5 Å². The van der Waals surface area contributed by atoms with Gasteiger partial charge in [-0.2, -0.15) is 0 Å². The molecule has 0 unspecified atom stereocenters. The Morgan fingerprint density at radius 2 is 1.88 bits per heavy atom. The molecule has 2 aromatic carbocycles. The Bertz CT molecular complexity index is 589. The fraction of sp³-hybridized carbons (Fsp3) is 0.0909. The number of phosphoric ester groups is 1. The monoisotopic (exact) mass is 254 g/mol. The van der Waals surface area contributed by atoms with Gasteiger partial charge in [0.25, 0.3) is 0 Å². The molecule has 90 valence electrons. The van der Waals surface area contributed by atoms with Crippen molar-refractivity contribution in [3.05, 3.63) is 42.0 Å². The van der Waals surface area contributed by atoms with Crippen molar-refractivity contribution in [2.75, 3.05) is 0 Å². The Balaban J connectivity index is 2.62. The Hall–Kier alpha value is -1.39. The molecule has 0 saturated heterocycles. The van der Waals surface area contributed by atoms with Crippen molar-refractivity contribution in [3.63, 3.8) is 0 Å². The van der Waals surface area contributed by atoms with E-state index in [1.807, 2.05) is 0 Å². The van der Waals surface area contributed by atoms with E-state index in [0.717, 1.165) is 5.39 Å². The van der Waals surface area contributed by atoms with E-state index in [0.29, 0.717) is 10.9 Å². The SMILES string of the molecule is O=P(O)(O)Oc1cc(CO)cc2ccccc12. The number of rotatable bonds is 3. The van der Waals surface area contributed by atoms with Crippen molar-refractivity contribution in [1.82, 2.24) is 0 Å². The second kappa shape index (κ2) is 4.47. The standard InChI is InChI=1S/C11H11O5P/c12-7-8-5-9-3-1-2-4-10(9)11(6-8)16-17(13,14)15/h1-6,12H,7H2,(H2,13,14,15). The lowest BCUT2D eigenvalue weighted by atomic mass is 10.1. The summed E-state index contributed by atoms with van der Waals surface area (Å²) in [5.74, 6) is 0.0699. The normalized spacial score (nSPS) is 11.7. The van der Waals surface area contributed by atoms with E-state index in [-0.39, 0.29) is 12.4 Å². The zero-order chi connectivity index (χ0) is 12.5. The van der Waals surface area contributed by atoms with Crippen LogP contribution in [-0.4, -0.2) is 14.9 Å². The lowest BCUT2D eigenvalue weighted by Crippen LogP contribution is -1.93. The fourth-order valence-electron chi connectivity index (χ4n) is 1.63. The van der Waals surface area contributed by atoms with E-state index >= 15 is 0 Å². The average molecular weight is 254 g/mol. The third-order valence-corrected chi connectivity index (χ3v) is 2.72. The molecule has 0 heterocycles. The van der Waals surface area contributed by atoms with Gasteiger partial charge < -0.3 is 9.63 Å². The summed E-state index contributed by atoms with van der Waals surface area (Å²) in [6, 6.07) is 10.2. The first-order valence-corrected chi connectivity index (χ1v) is 6.40. The summed E-state index contributed by atoms with van der Waals surface area (Å²) in [5.41, 5.74) is 0.534. The van der Waals surface area contributed by atoms with Crippen molar-refractivity contribution in [3.8, 4) is 5.75 Å². The van der Waals surface area contributed by atoms with Gasteiger partial charge in [-0.1, -0.05) is 24.3 Å². The largest absolute Gasteiger partial charge is 0.524 e. The second-order valence-corrected chi connectivity index (χ2v) is 4.72. The van der Waals surface area contributed by atoms with Crippen molar-refractivity contribution in [2.24, 2.45) is 0 Å². The molecule has 0 bridgehead atoms. The number of benzene rings is 2. The lowest BCUT2D eigenvalue weighted by Gasteiger charge is -2.11. The minimum absolute atomic E-state index is 0.0699. The number of fused-ring (bicyclic) bond motifs is 1. The van der Waals surface area contributed by atoms with Gasteiger partial charge in [-0.05, 0) is 23.1 Å². The summed E-state index contributed by atoms with van der Waals surface area (Å²) in [5, 5.41) is 10.4. The van der Waals surface area contributed by atoms with Crippen molar-refractivity contribution < 1.29 is 24.0 Å². The summed E-state index contributed by atoms with van der Waals surface area (Å²) in [6.45, 7) is -0.220. The molecule has 0 saturated carbocycles. The van der Waals surface area contributed by atoms with Gasteiger partial charge in [0.15, 0.2) is 0 Å². The van der Waals surface area contributed by atoms with Crippen LogP contribution in [0.1, 0.15) is 5.56 Å². The smallest absolute Gasteiger partial charge is 0.404 e. The number of phosphoric acid groups is 1.